The average Bonchev–Trinajstić information content (AvgIpc) is 2.95. The predicted octanol–water partition coefficient (Wildman–Crippen LogP) is 0.661. The predicted molar refractivity (Wildman–Crippen MR) is 65.0 cm³/mol. The Morgan fingerprint density at radius 2 is 2.11 bits per heavy atom. The van der Waals surface area contributed by atoms with E-state index >= 15 is 0 Å². The molecule has 0 heterocycles. The van der Waals surface area contributed by atoms with E-state index in [2.05, 4.69) is 17.5 Å². The lowest BCUT2D eigenvalue weighted by Crippen LogP contribution is -2.45. The van der Waals surface area contributed by atoms with Crippen LogP contribution in [0.25, 0.3) is 0 Å². The molecule has 0 aromatic heterocycles. The summed E-state index contributed by atoms with van der Waals surface area (Å²) in [7, 11) is 1.43. The number of hydrogen-bond donors (Lipinski definition) is 2. The summed E-state index contributed by atoms with van der Waals surface area (Å²) in [5.74, 6) is -2.16. The third-order valence-electron chi connectivity index (χ3n) is 2.59. The Hall–Kier alpha value is -0.890. The first-order valence-corrected chi connectivity index (χ1v) is 5.95. The normalized spacial score (nSPS) is 17.6. The lowest BCUT2D eigenvalue weighted by molar-refractivity contribution is -0.159. The number of carbonyl (C=O) groups is 1. The molecule has 0 radical (unpaired) electrons. The zero-order valence-corrected chi connectivity index (χ0v) is 10.8. The van der Waals surface area contributed by atoms with Crippen molar-refractivity contribution in [3.8, 4) is 0 Å². The van der Waals surface area contributed by atoms with Gasteiger partial charge in [-0.05, 0) is 19.9 Å². The molecule has 3 N–H and O–H groups in total. The topological polar surface area (TPSA) is 58.4 Å². The van der Waals surface area contributed by atoms with Gasteiger partial charge in [-0.15, -0.1) is 0 Å². The van der Waals surface area contributed by atoms with Crippen LogP contribution >= 0.6 is 12.2 Å². The summed E-state index contributed by atoms with van der Waals surface area (Å²) in [4.78, 5) is 12.1. The second kappa shape index (κ2) is 5.83. The molecular weight excluding hydrogens is 267 g/mol. The van der Waals surface area contributed by atoms with Gasteiger partial charge in [-0.3, -0.25) is 9.69 Å². The molecule has 0 saturated heterocycles. The van der Waals surface area contributed by atoms with Crippen LogP contribution in [-0.4, -0.2) is 48.2 Å². The van der Waals surface area contributed by atoms with Gasteiger partial charge in [0, 0.05) is 12.6 Å². The monoisotopic (exact) mass is 283 g/mol. The fourth-order valence-corrected chi connectivity index (χ4v) is 1.69. The van der Waals surface area contributed by atoms with Crippen molar-refractivity contribution < 1.29 is 18.0 Å². The standard InChI is InChI=1S/C10H16F3N3OS/c1-16(5-8(17)15-6-2-3-6)4-7(9(14)18)10(11,12)13/h6-7H,2-5H2,1H3,(H2,14,18)(H,15,17). The zero-order valence-electron chi connectivity index (χ0n) is 9.96. The molecule has 4 nitrogen and oxygen atoms in total. The maximum Gasteiger partial charge on any atom is 0.399 e. The van der Waals surface area contributed by atoms with Crippen LogP contribution in [0.2, 0.25) is 0 Å². The number of nitrogens with two attached hydrogens (primary N) is 1. The number of likely N-dealkylation sites (N-methyl/N-ethyl adjacent to an activating group) is 1. The minimum atomic E-state index is -4.48. The van der Waals surface area contributed by atoms with Crippen LogP contribution in [0.3, 0.4) is 0 Å². The molecule has 1 aliphatic carbocycles. The van der Waals surface area contributed by atoms with Gasteiger partial charge in [0.25, 0.3) is 0 Å². The number of amides is 1. The number of thiocarbonyl (C=S) groups is 1. The highest BCUT2D eigenvalue weighted by Gasteiger charge is 2.42. The first kappa shape index (κ1) is 15.2. The molecule has 0 aliphatic heterocycles. The van der Waals surface area contributed by atoms with Crippen LogP contribution in [0.5, 0.6) is 0 Å². The Balaban J connectivity index is 2.42. The van der Waals surface area contributed by atoms with Crippen molar-refractivity contribution in [1.82, 2.24) is 10.2 Å². The number of nitrogens with zero attached hydrogens (tertiary/aromatic N) is 1. The highest BCUT2D eigenvalue weighted by Crippen LogP contribution is 2.27. The molecule has 8 heteroatoms. The van der Waals surface area contributed by atoms with Crippen LogP contribution in [0.15, 0.2) is 0 Å². The second-order valence-corrected chi connectivity index (χ2v) is 5.01. The van der Waals surface area contributed by atoms with Crippen molar-refractivity contribution in [2.45, 2.75) is 25.1 Å². The lowest BCUT2D eigenvalue weighted by Gasteiger charge is -2.24. The van der Waals surface area contributed by atoms with Crippen LogP contribution < -0.4 is 11.1 Å². The molecule has 1 saturated carbocycles. The molecule has 104 valence electrons. The van der Waals surface area contributed by atoms with Crippen LogP contribution in [0.4, 0.5) is 13.2 Å². The third kappa shape index (κ3) is 5.18. The second-order valence-electron chi connectivity index (χ2n) is 4.54. The fraction of sp³-hybridized carbons (Fsp3) is 0.800. The molecular formula is C10H16F3N3OS. The fourth-order valence-electron chi connectivity index (χ4n) is 1.48. The summed E-state index contributed by atoms with van der Waals surface area (Å²) >= 11 is 4.41. The van der Waals surface area contributed by atoms with E-state index < -0.39 is 23.6 Å². The van der Waals surface area contributed by atoms with E-state index in [1.807, 2.05) is 0 Å². The lowest BCUT2D eigenvalue weighted by atomic mass is 10.1. The maximum atomic E-state index is 12.6. The summed E-state index contributed by atoms with van der Waals surface area (Å²) < 4.78 is 37.8. The van der Waals surface area contributed by atoms with Gasteiger partial charge in [-0.25, -0.2) is 0 Å². The SMILES string of the molecule is CN(CC(=O)NC1CC1)CC(C(N)=S)C(F)(F)F. The number of alkyl halides is 3. The van der Waals surface area contributed by atoms with Crippen LogP contribution in [0, 0.1) is 5.92 Å². The number of nitrogens with one attached hydrogen (secondary N) is 1. The number of hydrogen-bond acceptors (Lipinski definition) is 3. The van der Waals surface area contributed by atoms with Crippen molar-refractivity contribution in [1.29, 1.82) is 0 Å². The molecule has 1 amide bonds. The van der Waals surface area contributed by atoms with E-state index in [4.69, 9.17) is 5.73 Å². The Morgan fingerprint density at radius 1 is 1.56 bits per heavy atom. The van der Waals surface area contributed by atoms with Crippen molar-refractivity contribution in [3.05, 3.63) is 0 Å². The zero-order chi connectivity index (χ0) is 13.9. The van der Waals surface area contributed by atoms with Gasteiger partial charge in [-0.1, -0.05) is 12.2 Å². The Labute approximate surface area is 109 Å². The van der Waals surface area contributed by atoms with Gasteiger partial charge in [0.05, 0.1) is 11.5 Å². The van der Waals surface area contributed by atoms with E-state index in [1.54, 1.807) is 0 Å². The summed E-state index contributed by atoms with van der Waals surface area (Å²) in [6.45, 7) is -0.497. The average molecular weight is 283 g/mol. The highest BCUT2D eigenvalue weighted by atomic mass is 32.1. The van der Waals surface area contributed by atoms with E-state index in [-0.39, 0.29) is 18.5 Å². The summed E-state index contributed by atoms with van der Waals surface area (Å²) in [6.07, 6.45) is -2.60. The molecule has 1 fully saturated rings. The molecule has 1 unspecified atom stereocenters. The molecule has 0 bridgehead atoms. The first-order chi connectivity index (χ1) is 8.20. The summed E-state index contributed by atoms with van der Waals surface area (Å²) in [5.41, 5.74) is 5.08. The number of rotatable bonds is 6. The van der Waals surface area contributed by atoms with Crippen LogP contribution in [-0.2, 0) is 4.79 Å². The van der Waals surface area contributed by atoms with Gasteiger partial charge in [0.15, 0.2) is 0 Å². The van der Waals surface area contributed by atoms with E-state index in [0.717, 1.165) is 12.8 Å². The summed E-state index contributed by atoms with van der Waals surface area (Å²) in [6, 6.07) is 0.194. The van der Waals surface area contributed by atoms with Gasteiger partial charge < -0.3 is 11.1 Å². The van der Waals surface area contributed by atoms with Crippen molar-refractivity contribution in [3.63, 3.8) is 0 Å². The minimum Gasteiger partial charge on any atom is -0.393 e. The number of halogens is 3. The Bertz CT molecular complexity index is 331. The smallest absolute Gasteiger partial charge is 0.393 e. The Morgan fingerprint density at radius 3 is 2.50 bits per heavy atom. The highest BCUT2D eigenvalue weighted by molar-refractivity contribution is 7.80. The molecule has 1 atom stereocenters. The quantitative estimate of drug-likeness (QED) is 0.703. The maximum absolute atomic E-state index is 12.6. The summed E-state index contributed by atoms with van der Waals surface area (Å²) in [5, 5.41) is 2.70. The van der Waals surface area contributed by atoms with E-state index in [1.165, 1.54) is 11.9 Å². The van der Waals surface area contributed by atoms with Crippen molar-refractivity contribution in [2.75, 3.05) is 20.1 Å². The first-order valence-electron chi connectivity index (χ1n) is 5.54. The molecule has 0 spiro atoms. The molecule has 0 aromatic carbocycles. The van der Waals surface area contributed by atoms with E-state index in [9.17, 15) is 18.0 Å². The third-order valence-corrected chi connectivity index (χ3v) is 2.87. The molecule has 18 heavy (non-hydrogen) atoms. The van der Waals surface area contributed by atoms with Crippen molar-refractivity contribution in [2.24, 2.45) is 11.7 Å². The van der Waals surface area contributed by atoms with Gasteiger partial charge >= 0.3 is 6.18 Å². The van der Waals surface area contributed by atoms with Crippen molar-refractivity contribution >= 4 is 23.1 Å². The van der Waals surface area contributed by atoms with E-state index in [0.29, 0.717) is 0 Å². The molecule has 0 aromatic rings. The van der Waals surface area contributed by atoms with Gasteiger partial charge in [0.2, 0.25) is 5.91 Å². The van der Waals surface area contributed by atoms with Gasteiger partial charge in [0.1, 0.15) is 5.92 Å². The minimum absolute atomic E-state index is 0.0916. The molecule has 1 rings (SSSR count). The van der Waals surface area contributed by atoms with Gasteiger partial charge in [-0.2, -0.15) is 13.2 Å². The largest absolute Gasteiger partial charge is 0.399 e. The number of carbonyl (C=O) groups excluding carboxylic acids is 1. The van der Waals surface area contributed by atoms with Crippen LogP contribution in [0.1, 0.15) is 12.8 Å². The molecule has 1 aliphatic rings. The Kier molecular flexibility index (Phi) is 4.92.